The second-order valence-electron chi connectivity index (χ2n) is 4.07. The predicted molar refractivity (Wildman–Crippen MR) is 67.4 cm³/mol. The molecule has 0 aliphatic rings. The molecule has 0 saturated carbocycles. The van der Waals surface area contributed by atoms with E-state index in [4.69, 9.17) is 5.73 Å². The van der Waals surface area contributed by atoms with Crippen molar-refractivity contribution in [1.29, 1.82) is 0 Å². The summed E-state index contributed by atoms with van der Waals surface area (Å²) < 4.78 is 0. The molecule has 0 radical (unpaired) electrons. The molecule has 1 unspecified atom stereocenters. The van der Waals surface area contributed by atoms with Crippen molar-refractivity contribution in [3.8, 4) is 0 Å². The molecular formula is C13H22N2. The van der Waals surface area contributed by atoms with Gasteiger partial charge in [0.05, 0.1) is 0 Å². The second kappa shape index (κ2) is 5.76. The summed E-state index contributed by atoms with van der Waals surface area (Å²) in [5.74, 6) is 0. The summed E-state index contributed by atoms with van der Waals surface area (Å²) in [6.45, 7) is 5.18. The average molecular weight is 206 g/mol. The lowest BCUT2D eigenvalue weighted by Crippen LogP contribution is -2.27. The van der Waals surface area contributed by atoms with E-state index in [0.717, 1.165) is 13.0 Å². The highest BCUT2D eigenvalue weighted by Crippen LogP contribution is 2.17. The van der Waals surface area contributed by atoms with Gasteiger partial charge in [-0.1, -0.05) is 19.1 Å². The Kier molecular flexibility index (Phi) is 4.63. The van der Waals surface area contributed by atoms with Gasteiger partial charge in [-0.05, 0) is 44.0 Å². The van der Waals surface area contributed by atoms with E-state index in [0.29, 0.717) is 6.04 Å². The molecular weight excluding hydrogens is 184 g/mol. The molecule has 1 atom stereocenters. The van der Waals surface area contributed by atoms with Crippen LogP contribution in [0.1, 0.15) is 25.8 Å². The highest BCUT2D eigenvalue weighted by molar-refractivity contribution is 5.47. The molecule has 0 amide bonds. The minimum absolute atomic E-state index is 0.588. The first-order valence-electron chi connectivity index (χ1n) is 5.70. The van der Waals surface area contributed by atoms with Crippen LogP contribution in [0.5, 0.6) is 0 Å². The summed E-state index contributed by atoms with van der Waals surface area (Å²) >= 11 is 0. The number of nitrogens with two attached hydrogens (primary N) is 1. The zero-order chi connectivity index (χ0) is 11.3. The third-order valence-electron chi connectivity index (χ3n) is 3.03. The first-order chi connectivity index (χ1) is 7.19. The normalized spacial score (nSPS) is 12.5. The van der Waals surface area contributed by atoms with Crippen molar-refractivity contribution < 1.29 is 0 Å². The molecule has 0 spiro atoms. The van der Waals surface area contributed by atoms with Crippen molar-refractivity contribution in [2.45, 2.75) is 32.7 Å². The Morgan fingerprint density at radius 3 is 2.33 bits per heavy atom. The Hall–Kier alpha value is -1.02. The Bertz CT molecular complexity index is 279. The van der Waals surface area contributed by atoms with Crippen molar-refractivity contribution in [3.05, 3.63) is 29.8 Å². The standard InChI is InChI=1S/C13H22N2/c1-4-11(2)15(3)13-7-5-12(6-8-13)9-10-14/h5-8,11H,4,9-10,14H2,1-3H3. The fourth-order valence-corrected chi connectivity index (χ4v) is 1.59. The zero-order valence-corrected chi connectivity index (χ0v) is 10.0. The number of hydrogen-bond donors (Lipinski definition) is 1. The maximum Gasteiger partial charge on any atom is 0.0366 e. The summed E-state index contributed by atoms with van der Waals surface area (Å²) in [7, 11) is 2.14. The van der Waals surface area contributed by atoms with Crippen LogP contribution in [0.3, 0.4) is 0 Å². The van der Waals surface area contributed by atoms with Crippen molar-refractivity contribution in [2.75, 3.05) is 18.5 Å². The van der Waals surface area contributed by atoms with Crippen LogP contribution in [0, 0.1) is 0 Å². The predicted octanol–water partition coefficient (Wildman–Crippen LogP) is 2.42. The lowest BCUT2D eigenvalue weighted by Gasteiger charge is -2.26. The number of rotatable bonds is 5. The van der Waals surface area contributed by atoms with E-state index in [-0.39, 0.29) is 0 Å². The molecule has 2 nitrogen and oxygen atoms in total. The van der Waals surface area contributed by atoms with Crippen LogP contribution in [0.25, 0.3) is 0 Å². The quantitative estimate of drug-likeness (QED) is 0.801. The number of nitrogens with zero attached hydrogens (tertiary/aromatic N) is 1. The van der Waals surface area contributed by atoms with Gasteiger partial charge in [0.2, 0.25) is 0 Å². The van der Waals surface area contributed by atoms with Crippen molar-refractivity contribution >= 4 is 5.69 Å². The number of anilines is 1. The molecule has 0 aliphatic carbocycles. The number of benzene rings is 1. The molecule has 1 rings (SSSR count). The molecule has 1 aromatic rings. The lowest BCUT2D eigenvalue weighted by molar-refractivity contribution is 0.664. The highest BCUT2D eigenvalue weighted by atomic mass is 15.1. The average Bonchev–Trinajstić information content (AvgIpc) is 2.28. The third kappa shape index (κ3) is 3.24. The van der Waals surface area contributed by atoms with E-state index < -0.39 is 0 Å². The van der Waals surface area contributed by atoms with Crippen molar-refractivity contribution in [2.24, 2.45) is 5.73 Å². The van der Waals surface area contributed by atoms with Gasteiger partial charge in [-0.25, -0.2) is 0 Å². The van der Waals surface area contributed by atoms with Gasteiger partial charge >= 0.3 is 0 Å². The smallest absolute Gasteiger partial charge is 0.0366 e. The van der Waals surface area contributed by atoms with Crippen LogP contribution in [0.4, 0.5) is 5.69 Å². The van der Waals surface area contributed by atoms with Gasteiger partial charge in [0, 0.05) is 18.8 Å². The summed E-state index contributed by atoms with van der Waals surface area (Å²) in [6.07, 6.45) is 2.13. The Morgan fingerprint density at radius 2 is 1.87 bits per heavy atom. The van der Waals surface area contributed by atoms with E-state index in [9.17, 15) is 0 Å². The maximum atomic E-state index is 5.52. The second-order valence-corrected chi connectivity index (χ2v) is 4.07. The highest BCUT2D eigenvalue weighted by Gasteiger charge is 2.06. The molecule has 0 bridgehead atoms. The Labute approximate surface area is 93.1 Å². The van der Waals surface area contributed by atoms with E-state index in [1.165, 1.54) is 17.7 Å². The molecule has 2 heteroatoms. The summed E-state index contributed by atoms with van der Waals surface area (Å²) in [4.78, 5) is 2.31. The van der Waals surface area contributed by atoms with Crippen molar-refractivity contribution in [3.63, 3.8) is 0 Å². The van der Waals surface area contributed by atoms with Gasteiger partial charge in [-0.3, -0.25) is 0 Å². The fourth-order valence-electron chi connectivity index (χ4n) is 1.59. The maximum absolute atomic E-state index is 5.52. The monoisotopic (exact) mass is 206 g/mol. The van der Waals surface area contributed by atoms with Gasteiger partial charge in [0.1, 0.15) is 0 Å². The Morgan fingerprint density at radius 1 is 1.27 bits per heavy atom. The Balaban J connectivity index is 2.70. The first kappa shape index (κ1) is 12.1. The summed E-state index contributed by atoms with van der Waals surface area (Å²) in [5.41, 5.74) is 8.12. The molecule has 84 valence electrons. The molecule has 0 fully saturated rings. The molecule has 1 aromatic carbocycles. The van der Waals surface area contributed by atoms with Crippen molar-refractivity contribution in [1.82, 2.24) is 0 Å². The van der Waals surface area contributed by atoms with Gasteiger partial charge < -0.3 is 10.6 Å². The van der Waals surface area contributed by atoms with Gasteiger partial charge in [0.25, 0.3) is 0 Å². The topological polar surface area (TPSA) is 29.3 Å². The molecule has 15 heavy (non-hydrogen) atoms. The summed E-state index contributed by atoms with van der Waals surface area (Å²) in [6, 6.07) is 9.28. The van der Waals surface area contributed by atoms with Crippen LogP contribution >= 0.6 is 0 Å². The summed E-state index contributed by atoms with van der Waals surface area (Å²) in [5, 5.41) is 0. The van der Waals surface area contributed by atoms with Crippen LogP contribution < -0.4 is 10.6 Å². The van der Waals surface area contributed by atoms with Crippen LogP contribution in [-0.2, 0) is 6.42 Å². The fraction of sp³-hybridized carbons (Fsp3) is 0.538. The molecule has 0 aromatic heterocycles. The van der Waals surface area contributed by atoms with E-state index in [1.807, 2.05) is 0 Å². The van der Waals surface area contributed by atoms with E-state index >= 15 is 0 Å². The van der Waals surface area contributed by atoms with E-state index in [1.54, 1.807) is 0 Å². The zero-order valence-electron chi connectivity index (χ0n) is 10.0. The largest absolute Gasteiger partial charge is 0.372 e. The third-order valence-corrected chi connectivity index (χ3v) is 3.03. The van der Waals surface area contributed by atoms with Gasteiger partial charge in [-0.15, -0.1) is 0 Å². The van der Waals surface area contributed by atoms with Crippen LogP contribution in [-0.4, -0.2) is 19.6 Å². The lowest BCUT2D eigenvalue weighted by atomic mass is 10.1. The van der Waals surface area contributed by atoms with Crippen LogP contribution in [0.15, 0.2) is 24.3 Å². The first-order valence-corrected chi connectivity index (χ1v) is 5.70. The van der Waals surface area contributed by atoms with E-state index in [2.05, 4.69) is 50.1 Å². The minimum atomic E-state index is 0.588. The molecule has 0 aliphatic heterocycles. The minimum Gasteiger partial charge on any atom is -0.372 e. The molecule has 0 saturated heterocycles. The van der Waals surface area contributed by atoms with Gasteiger partial charge in [0.15, 0.2) is 0 Å². The molecule has 2 N–H and O–H groups in total. The number of hydrogen-bond acceptors (Lipinski definition) is 2. The SMILES string of the molecule is CCC(C)N(C)c1ccc(CCN)cc1. The van der Waals surface area contributed by atoms with Gasteiger partial charge in [-0.2, -0.15) is 0 Å². The van der Waals surface area contributed by atoms with Crippen LogP contribution in [0.2, 0.25) is 0 Å². The molecule has 0 heterocycles.